The maximum Gasteiger partial charge on any atom is 0.258 e. The zero-order chi connectivity index (χ0) is 22.4. The molecule has 31 heavy (non-hydrogen) atoms. The van der Waals surface area contributed by atoms with E-state index in [2.05, 4.69) is 19.2 Å². The molecule has 0 aliphatic heterocycles. The molecular formula is C25H30ClN2O2P. The Balaban J connectivity index is 2.11. The summed E-state index contributed by atoms with van der Waals surface area (Å²) in [6.45, 7) is 4.51. The van der Waals surface area contributed by atoms with Gasteiger partial charge in [0, 0.05) is 35.8 Å². The van der Waals surface area contributed by atoms with Crippen LogP contribution < -0.4 is 15.5 Å². The summed E-state index contributed by atoms with van der Waals surface area (Å²) in [5.74, 6) is -0.312. The molecule has 0 aliphatic carbocycles. The topological polar surface area (TPSA) is 41.6 Å². The fourth-order valence-corrected chi connectivity index (χ4v) is 5.91. The van der Waals surface area contributed by atoms with Crippen molar-refractivity contribution in [1.82, 2.24) is 0 Å². The van der Waals surface area contributed by atoms with Crippen LogP contribution in [0.25, 0.3) is 0 Å². The molecule has 0 amide bonds. The number of para-hydroxylation sites is 1. The molecule has 1 N–H and O–H groups in total. The Morgan fingerprint density at radius 3 is 2.10 bits per heavy atom. The normalized spacial score (nSPS) is 14.1. The number of nitrogens with one attached hydrogen (secondary N) is 1. The second-order valence-electron chi connectivity index (χ2n) is 8.16. The molecule has 3 rings (SSSR count). The number of benzene rings is 3. The summed E-state index contributed by atoms with van der Waals surface area (Å²) in [5.41, 5.74) is 2.77. The molecule has 0 fully saturated rings. The minimum absolute atomic E-state index is 0.247. The first kappa shape index (κ1) is 23.4. The van der Waals surface area contributed by atoms with E-state index < -0.39 is 13.2 Å². The molecule has 0 radical (unpaired) electrons. The van der Waals surface area contributed by atoms with Crippen LogP contribution in [0.4, 0.5) is 11.4 Å². The van der Waals surface area contributed by atoms with E-state index in [1.54, 1.807) is 0 Å². The minimum Gasteiger partial charge on any atom is -0.378 e. The van der Waals surface area contributed by atoms with Crippen LogP contribution >= 0.6 is 19.0 Å². The molecule has 0 unspecified atom stereocenters. The molecule has 0 saturated heterocycles. The van der Waals surface area contributed by atoms with Gasteiger partial charge < -0.3 is 14.7 Å². The molecule has 3 aromatic carbocycles. The van der Waals surface area contributed by atoms with Gasteiger partial charge in [0.1, 0.15) is 5.78 Å². The highest BCUT2D eigenvalue weighted by Crippen LogP contribution is 2.59. The second-order valence-corrected chi connectivity index (χ2v) is 11.1. The van der Waals surface area contributed by atoms with E-state index in [9.17, 15) is 4.57 Å². The summed E-state index contributed by atoms with van der Waals surface area (Å²) in [6, 6.07) is 25.0. The van der Waals surface area contributed by atoms with Crippen LogP contribution in [0.2, 0.25) is 5.02 Å². The van der Waals surface area contributed by atoms with Crippen molar-refractivity contribution in [2.45, 2.75) is 19.6 Å². The molecule has 0 aromatic heterocycles. The third-order valence-corrected chi connectivity index (χ3v) is 7.84. The molecule has 0 spiro atoms. The summed E-state index contributed by atoms with van der Waals surface area (Å²) in [7, 11) is 0.606. The lowest BCUT2D eigenvalue weighted by Crippen LogP contribution is -2.22. The molecule has 0 heterocycles. The van der Waals surface area contributed by atoms with Crippen molar-refractivity contribution in [2.24, 2.45) is 5.92 Å². The Labute approximate surface area is 190 Å². The number of hydrogen-bond donors (Lipinski definition) is 1. The van der Waals surface area contributed by atoms with Crippen LogP contribution in [-0.2, 0) is 9.09 Å². The third-order valence-electron chi connectivity index (χ3n) is 4.93. The van der Waals surface area contributed by atoms with Crippen LogP contribution in [0.5, 0.6) is 0 Å². The molecule has 3 aromatic rings. The number of anilines is 2. The van der Waals surface area contributed by atoms with Gasteiger partial charge >= 0.3 is 0 Å². The standard InChI is InChI=1S/C25H30ClN2O2P/c1-19(2)18-30-31(29,24-16-14-23(15-17-24)28(3)4)25(20-10-12-21(26)13-11-20)27-22-8-6-5-7-9-22/h5-17,19,25,27H,18H2,1-4H3/t25-,31-/m1/s1. The van der Waals surface area contributed by atoms with Crippen molar-refractivity contribution in [3.8, 4) is 0 Å². The van der Waals surface area contributed by atoms with E-state index in [4.69, 9.17) is 16.1 Å². The minimum atomic E-state index is -3.36. The summed E-state index contributed by atoms with van der Waals surface area (Å²) >= 11 is 6.13. The summed E-state index contributed by atoms with van der Waals surface area (Å²) in [6.07, 6.45) is 0. The van der Waals surface area contributed by atoms with Gasteiger partial charge in [-0.1, -0.05) is 55.8 Å². The summed E-state index contributed by atoms with van der Waals surface area (Å²) in [5, 5.41) is 4.79. The number of hydrogen-bond acceptors (Lipinski definition) is 4. The summed E-state index contributed by atoms with van der Waals surface area (Å²) < 4.78 is 20.9. The number of nitrogens with zero attached hydrogens (tertiary/aromatic N) is 1. The van der Waals surface area contributed by atoms with Gasteiger partial charge in [-0.2, -0.15) is 0 Å². The van der Waals surface area contributed by atoms with Crippen LogP contribution in [0.3, 0.4) is 0 Å². The molecule has 2 atom stereocenters. The zero-order valence-corrected chi connectivity index (χ0v) is 20.1. The molecule has 0 saturated carbocycles. The van der Waals surface area contributed by atoms with Gasteiger partial charge in [-0.25, -0.2) is 0 Å². The predicted molar refractivity (Wildman–Crippen MR) is 133 cm³/mol. The highest BCUT2D eigenvalue weighted by atomic mass is 35.5. The molecule has 164 valence electrons. The average molecular weight is 457 g/mol. The largest absolute Gasteiger partial charge is 0.378 e. The highest BCUT2D eigenvalue weighted by Gasteiger charge is 2.38. The van der Waals surface area contributed by atoms with E-state index in [-0.39, 0.29) is 5.92 Å². The lowest BCUT2D eigenvalue weighted by Gasteiger charge is -2.31. The average Bonchev–Trinajstić information content (AvgIpc) is 2.77. The van der Waals surface area contributed by atoms with Gasteiger partial charge in [-0.05, 0) is 60.0 Å². The fraction of sp³-hybridized carbons (Fsp3) is 0.280. The Kier molecular flexibility index (Phi) is 7.83. The lowest BCUT2D eigenvalue weighted by atomic mass is 10.2. The summed E-state index contributed by atoms with van der Waals surface area (Å²) in [4.78, 5) is 2.02. The van der Waals surface area contributed by atoms with Gasteiger partial charge in [0.25, 0.3) is 7.37 Å². The maximum absolute atomic E-state index is 14.7. The first-order valence-corrected chi connectivity index (χ1v) is 12.5. The Hall–Kier alpha value is -2.26. The van der Waals surface area contributed by atoms with Crippen molar-refractivity contribution in [3.63, 3.8) is 0 Å². The van der Waals surface area contributed by atoms with Crippen LogP contribution in [-0.4, -0.2) is 20.7 Å². The van der Waals surface area contributed by atoms with Crippen LogP contribution in [0.15, 0.2) is 78.9 Å². The Morgan fingerprint density at radius 2 is 1.55 bits per heavy atom. The van der Waals surface area contributed by atoms with Crippen LogP contribution in [0, 0.1) is 5.92 Å². The van der Waals surface area contributed by atoms with Gasteiger partial charge in [-0.3, -0.25) is 4.57 Å². The lowest BCUT2D eigenvalue weighted by molar-refractivity contribution is 0.272. The first-order valence-electron chi connectivity index (χ1n) is 10.4. The zero-order valence-electron chi connectivity index (χ0n) is 18.5. The van der Waals surface area contributed by atoms with Gasteiger partial charge in [0.05, 0.1) is 6.61 Å². The second kappa shape index (κ2) is 10.4. The van der Waals surface area contributed by atoms with Gasteiger partial charge in [-0.15, -0.1) is 0 Å². The van der Waals surface area contributed by atoms with Crippen LogP contribution in [0.1, 0.15) is 25.2 Å². The van der Waals surface area contributed by atoms with E-state index in [1.165, 1.54) is 0 Å². The van der Waals surface area contributed by atoms with E-state index in [1.807, 2.05) is 97.9 Å². The van der Waals surface area contributed by atoms with E-state index in [0.29, 0.717) is 16.9 Å². The van der Waals surface area contributed by atoms with Gasteiger partial charge in [0.2, 0.25) is 0 Å². The Bertz CT molecular complexity index is 1010. The molecule has 0 aliphatic rings. The monoisotopic (exact) mass is 456 g/mol. The third kappa shape index (κ3) is 5.92. The quantitative estimate of drug-likeness (QED) is 0.360. The van der Waals surface area contributed by atoms with E-state index in [0.717, 1.165) is 16.9 Å². The fourth-order valence-electron chi connectivity index (χ4n) is 3.22. The maximum atomic E-state index is 14.7. The van der Waals surface area contributed by atoms with Gasteiger partial charge in [0.15, 0.2) is 0 Å². The van der Waals surface area contributed by atoms with Crippen molar-refractivity contribution >= 4 is 35.6 Å². The van der Waals surface area contributed by atoms with Crippen molar-refractivity contribution in [1.29, 1.82) is 0 Å². The Morgan fingerprint density at radius 1 is 0.935 bits per heavy atom. The molecular weight excluding hydrogens is 427 g/mol. The highest BCUT2D eigenvalue weighted by molar-refractivity contribution is 7.67. The number of halogens is 1. The predicted octanol–water partition coefficient (Wildman–Crippen LogP) is 6.79. The number of rotatable bonds is 9. The first-order chi connectivity index (χ1) is 14.8. The van der Waals surface area contributed by atoms with Crippen molar-refractivity contribution in [2.75, 3.05) is 30.9 Å². The van der Waals surface area contributed by atoms with Crippen molar-refractivity contribution in [3.05, 3.63) is 89.4 Å². The van der Waals surface area contributed by atoms with Crippen molar-refractivity contribution < 1.29 is 9.09 Å². The smallest absolute Gasteiger partial charge is 0.258 e. The molecule has 4 nitrogen and oxygen atoms in total. The SMILES string of the molecule is CC(C)CO[P@](=O)(c1ccc(N(C)C)cc1)[C@@H](Nc1ccccc1)c1ccc(Cl)cc1. The molecule has 0 bridgehead atoms. The molecule has 6 heteroatoms. The van der Waals surface area contributed by atoms with E-state index >= 15 is 0 Å².